The Kier molecular flexibility index (Phi) is 7.25. The lowest BCUT2D eigenvalue weighted by atomic mass is 9.95. The molecule has 0 saturated carbocycles. The van der Waals surface area contributed by atoms with Crippen LogP contribution in [0, 0.1) is 11.6 Å². The third-order valence-corrected chi connectivity index (χ3v) is 5.96. The van der Waals surface area contributed by atoms with Gasteiger partial charge in [-0.25, -0.2) is 13.6 Å². The minimum Gasteiger partial charge on any atom is -0.488 e. The molecule has 0 unspecified atom stereocenters. The Morgan fingerprint density at radius 3 is 2.51 bits per heavy atom. The van der Waals surface area contributed by atoms with Crippen LogP contribution in [0.2, 0.25) is 0 Å². The van der Waals surface area contributed by atoms with E-state index >= 15 is 0 Å². The topological polar surface area (TPSA) is 75.6 Å². The number of halogens is 2. The standard InChI is InChI=1S/C28H25F2NO4/c1-2-27(32)31-21-13-18(12-19(14-21)28(33)34)22-7-5-8-23(22)24-6-3-4-9-26(24)35-16-17-10-11-20(29)15-25(17)30/h3-4,6,9-15H,2,5,7-8,16H2,1H3,(H,31,32)(H,33,34). The molecule has 180 valence electrons. The number of carboxylic acid groups (broad SMARTS) is 1. The third-order valence-electron chi connectivity index (χ3n) is 5.96. The van der Waals surface area contributed by atoms with E-state index in [0.717, 1.165) is 47.6 Å². The van der Waals surface area contributed by atoms with Crippen molar-refractivity contribution in [1.82, 2.24) is 0 Å². The van der Waals surface area contributed by atoms with Gasteiger partial charge in [0.05, 0.1) is 5.56 Å². The van der Waals surface area contributed by atoms with Crippen LogP contribution in [0.4, 0.5) is 14.5 Å². The van der Waals surface area contributed by atoms with Crippen molar-refractivity contribution in [2.24, 2.45) is 0 Å². The number of hydrogen-bond acceptors (Lipinski definition) is 3. The van der Waals surface area contributed by atoms with Crippen molar-refractivity contribution >= 4 is 28.7 Å². The maximum absolute atomic E-state index is 14.1. The Hall–Kier alpha value is -4.00. The summed E-state index contributed by atoms with van der Waals surface area (Å²) < 4.78 is 33.3. The van der Waals surface area contributed by atoms with Crippen molar-refractivity contribution in [1.29, 1.82) is 0 Å². The van der Waals surface area contributed by atoms with Crippen LogP contribution in [0.25, 0.3) is 11.1 Å². The normalized spacial score (nSPS) is 13.1. The van der Waals surface area contributed by atoms with Gasteiger partial charge < -0.3 is 15.2 Å². The number of aromatic carboxylic acids is 1. The fourth-order valence-electron chi connectivity index (χ4n) is 4.24. The van der Waals surface area contributed by atoms with E-state index in [9.17, 15) is 23.5 Å². The maximum atomic E-state index is 14.1. The smallest absolute Gasteiger partial charge is 0.335 e. The Morgan fingerprint density at radius 2 is 1.77 bits per heavy atom. The summed E-state index contributed by atoms with van der Waals surface area (Å²) in [6.45, 7) is 1.66. The van der Waals surface area contributed by atoms with Crippen molar-refractivity contribution in [2.45, 2.75) is 39.2 Å². The molecule has 0 atom stereocenters. The van der Waals surface area contributed by atoms with Gasteiger partial charge in [-0.15, -0.1) is 0 Å². The summed E-state index contributed by atoms with van der Waals surface area (Å²) >= 11 is 0. The molecule has 2 N–H and O–H groups in total. The number of ether oxygens (including phenoxy) is 1. The van der Waals surface area contributed by atoms with E-state index in [0.29, 0.717) is 11.4 Å². The van der Waals surface area contributed by atoms with Crippen LogP contribution < -0.4 is 10.1 Å². The van der Waals surface area contributed by atoms with Crippen LogP contribution in [-0.4, -0.2) is 17.0 Å². The minimum absolute atomic E-state index is 0.0621. The molecule has 4 rings (SSSR count). The molecule has 1 amide bonds. The molecular weight excluding hydrogens is 452 g/mol. The van der Waals surface area contributed by atoms with Gasteiger partial charge in [0.25, 0.3) is 0 Å². The van der Waals surface area contributed by atoms with Gasteiger partial charge >= 0.3 is 5.97 Å². The highest BCUT2D eigenvalue weighted by atomic mass is 19.1. The monoisotopic (exact) mass is 477 g/mol. The molecule has 0 spiro atoms. The Balaban J connectivity index is 1.71. The van der Waals surface area contributed by atoms with E-state index in [4.69, 9.17) is 4.74 Å². The van der Waals surface area contributed by atoms with Gasteiger partial charge in [0, 0.05) is 29.3 Å². The number of anilines is 1. The molecule has 0 saturated heterocycles. The molecule has 0 heterocycles. The van der Waals surface area contributed by atoms with Crippen LogP contribution >= 0.6 is 0 Å². The predicted molar refractivity (Wildman–Crippen MR) is 130 cm³/mol. The van der Waals surface area contributed by atoms with Crippen molar-refractivity contribution in [3.63, 3.8) is 0 Å². The molecular formula is C28H25F2NO4. The Labute approximate surface area is 202 Å². The molecule has 1 aliphatic carbocycles. The largest absolute Gasteiger partial charge is 0.488 e. The third kappa shape index (κ3) is 5.57. The van der Waals surface area contributed by atoms with Crippen LogP contribution in [0.5, 0.6) is 5.75 Å². The van der Waals surface area contributed by atoms with Gasteiger partial charge in [0.15, 0.2) is 0 Å². The molecule has 0 aliphatic heterocycles. The Morgan fingerprint density at radius 1 is 1.00 bits per heavy atom. The second-order valence-corrected chi connectivity index (χ2v) is 8.34. The Bertz CT molecular complexity index is 1320. The van der Waals surface area contributed by atoms with Crippen molar-refractivity contribution in [3.8, 4) is 5.75 Å². The summed E-state index contributed by atoms with van der Waals surface area (Å²) in [5.74, 6) is -2.05. The van der Waals surface area contributed by atoms with Gasteiger partial charge in [-0.3, -0.25) is 4.79 Å². The number of para-hydroxylation sites is 1. The first-order valence-corrected chi connectivity index (χ1v) is 11.4. The van der Waals surface area contributed by atoms with Gasteiger partial charge in [0.1, 0.15) is 24.0 Å². The SMILES string of the molecule is CCC(=O)Nc1cc(C(=O)O)cc(C2=C(c3ccccc3OCc3ccc(F)cc3F)CCC2)c1. The molecule has 1 aliphatic rings. The number of hydrogen-bond donors (Lipinski definition) is 2. The quantitative estimate of drug-likeness (QED) is 0.379. The van der Waals surface area contributed by atoms with Gasteiger partial charge in [0.2, 0.25) is 5.91 Å². The van der Waals surface area contributed by atoms with E-state index in [1.807, 2.05) is 18.2 Å². The van der Waals surface area contributed by atoms with Crippen molar-refractivity contribution in [3.05, 3.63) is 94.6 Å². The van der Waals surface area contributed by atoms with Gasteiger partial charge in [-0.2, -0.15) is 0 Å². The highest BCUT2D eigenvalue weighted by Gasteiger charge is 2.22. The number of benzene rings is 3. The summed E-state index contributed by atoms with van der Waals surface area (Å²) in [6, 6.07) is 15.6. The zero-order valence-electron chi connectivity index (χ0n) is 19.2. The average molecular weight is 478 g/mol. The molecule has 35 heavy (non-hydrogen) atoms. The fourth-order valence-corrected chi connectivity index (χ4v) is 4.24. The van der Waals surface area contributed by atoms with Crippen molar-refractivity contribution in [2.75, 3.05) is 5.32 Å². The summed E-state index contributed by atoms with van der Waals surface area (Å²) in [5, 5.41) is 12.4. The molecule has 0 aromatic heterocycles. The highest BCUT2D eigenvalue weighted by Crippen LogP contribution is 2.43. The average Bonchev–Trinajstić information content (AvgIpc) is 3.33. The molecule has 3 aromatic carbocycles. The summed E-state index contributed by atoms with van der Waals surface area (Å²) in [4.78, 5) is 23.7. The lowest BCUT2D eigenvalue weighted by Crippen LogP contribution is -2.11. The number of allylic oxidation sites excluding steroid dienone is 2. The lowest BCUT2D eigenvalue weighted by Gasteiger charge is -2.16. The zero-order chi connectivity index (χ0) is 24.9. The first-order valence-electron chi connectivity index (χ1n) is 11.4. The fraction of sp³-hybridized carbons (Fsp3) is 0.214. The number of carboxylic acids is 1. The van der Waals surface area contributed by atoms with E-state index in [1.54, 1.807) is 25.1 Å². The van der Waals surface area contributed by atoms with Crippen molar-refractivity contribution < 1.29 is 28.2 Å². The molecule has 0 radical (unpaired) electrons. The van der Waals surface area contributed by atoms with Crippen LogP contribution in [0.1, 0.15) is 59.7 Å². The lowest BCUT2D eigenvalue weighted by molar-refractivity contribution is -0.115. The van der Waals surface area contributed by atoms with E-state index in [2.05, 4.69) is 5.32 Å². The van der Waals surface area contributed by atoms with Gasteiger partial charge in [-0.1, -0.05) is 25.1 Å². The molecule has 0 fully saturated rings. The predicted octanol–water partition coefficient (Wildman–Crippen LogP) is 6.69. The summed E-state index contributed by atoms with van der Waals surface area (Å²) in [6.07, 6.45) is 2.65. The van der Waals surface area contributed by atoms with E-state index in [-0.39, 0.29) is 30.1 Å². The molecule has 7 heteroatoms. The number of carbonyl (C=O) groups excluding carboxylic acids is 1. The van der Waals surface area contributed by atoms with Crippen LogP contribution in [-0.2, 0) is 11.4 Å². The first kappa shape index (κ1) is 24.1. The van der Waals surface area contributed by atoms with Gasteiger partial charge in [-0.05, 0) is 72.4 Å². The molecule has 3 aromatic rings. The zero-order valence-corrected chi connectivity index (χ0v) is 19.2. The maximum Gasteiger partial charge on any atom is 0.335 e. The minimum atomic E-state index is -1.08. The van der Waals surface area contributed by atoms with E-state index < -0.39 is 17.6 Å². The summed E-state index contributed by atoms with van der Waals surface area (Å²) in [7, 11) is 0. The number of rotatable bonds is 8. The first-order chi connectivity index (χ1) is 16.9. The molecule has 0 bridgehead atoms. The number of carbonyl (C=O) groups is 2. The highest BCUT2D eigenvalue weighted by molar-refractivity contribution is 5.99. The summed E-state index contributed by atoms with van der Waals surface area (Å²) in [5.41, 5.74) is 4.31. The van der Waals surface area contributed by atoms with Crippen LogP contribution in [0.3, 0.4) is 0 Å². The second kappa shape index (κ2) is 10.5. The van der Waals surface area contributed by atoms with E-state index in [1.165, 1.54) is 18.2 Å². The number of amides is 1. The van der Waals surface area contributed by atoms with Crippen LogP contribution in [0.15, 0.2) is 60.7 Å². The number of nitrogens with one attached hydrogen (secondary N) is 1. The molecule has 5 nitrogen and oxygen atoms in total. The second-order valence-electron chi connectivity index (χ2n) is 8.34.